The van der Waals surface area contributed by atoms with E-state index in [2.05, 4.69) is 31.9 Å². The molecule has 0 radical (unpaired) electrons. The van der Waals surface area contributed by atoms with Crippen molar-refractivity contribution in [3.8, 4) is 5.75 Å². The Balaban J connectivity index is 2.51. The Morgan fingerprint density at radius 2 is 2.07 bits per heavy atom. The first-order valence-electron chi connectivity index (χ1n) is 5.14. The molecule has 2 unspecified atom stereocenters. The summed E-state index contributed by atoms with van der Waals surface area (Å²) in [6.07, 6.45) is 1.03. The van der Waals surface area contributed by atoms with Crippen molar-refractivity contribution in [3.63, 3.8) is 0 Å². The van der Waals surface area contributed by atoms with E-state index in [1.54, 1.807) is 6.07 Å². The summed E-state index contributed by atoms with van der Waals surface area (Å²) in [5.74, 6) is 0.439. The molecule has 0 amide bonds. The average molecular weight is 191 g/mol. The number of nitrogens with zero attached hydrogens (tertiary/aromatic N) is 1. The van der Waals surface area contributed by atoms with Crippen molar-refractivity contribution in [2.24, 2.45) is 0 Å². The predicted octanol–water partition coefficient (Wildman–Crippen LogP) is 2.33. The summed E-state index contributed by atoms with van der Waals surface area (Å²) in [5, 5.41) is 9.80. The van der Waals surface area contributed by atoms with Crippen molar-refractivity contribution in [3.05, 3.63) is 29.3 Å². The summed E-state index contributed by atoms with van der Waals surface area (Å²) in [7, 11) is 2.12. The minimum atomic E-state index is 0.315. The van der Waals surface area contributed by atoms with Crippen LogP contribution in [0.3, 0.4) is 0 Å². The molecule has 2 atom stereocenters. The van der Waals surface area contributed by atoms with Crippen LogP contribution in [0, 0.1) is 0 Å². The fourth-order valence-electron chi connectivity index (χ4n) is 2.31. The molecule has 1 aliphatic heterocycles. The van der Waals surface area contributed by atoms with E-state index in [1.807, 2.05) is 6.07 Å². The quantitative estimate of drug-likeness (QED) is 0.680. The molecule has 0 bridgehead atoms. The first kappa shape index (κ1) is 9.53. The molecule has 0 spiro atoms. The van der Waals surface area contributed by atoms with Crippen molar-refractivity contribution in [2.75, 3.05) is 7.05 Å². The molecule has 1 aromatic carbocycles. The second-order valence-corrected chi connectivity index (χ2v) is 4.24. The minimum absolute atomic E-state index is 0.315. The Kier molecular flexibility index (Phi) is 2.23. The number of rotatable bonds is 0. The zero-order valence-corrected chi connectivity index (χ0v) is 8.99. The van der Waals surface area contributed by atoms with E-state index in [0.717, 1.165) is 12.0 Å². The van der Waals surface area contributed by atoms with Crippen molar-refractivity contribution in [2.45, 2.75) is 32.4 Å². The highest BCUT2D eigenvalue weighted by Gasteiger charge is 2.27. The lowest BCUT2D eigenvalue weighted by Gasteiger charge is -2.37. The molecular formula is C12H17NO. The lowest BCUT2D eigenvalue weighted by molar-refractivity contribution is 0.176. The van der Waals surface area contributed by atoms with Crippen LogP contribution in [0.15, 0.2) is 18.2 Å². The summed E-state index contributed by atoms with van der Waals surface area (Å²) in [6, 6.07) is 6.70. The number of fused-ring (bicyclic) bond motifs is 1. The smallest absolute Gasteiger partial charge is 0.120 e. The van der Waals surface area contributed by atoms with Crippen LogP contribution in [0.2, 0.25) is 0 Å². The summed E-state index contributed by atoms with van der Waals surface area (Å²) in [4.78, 5) is 2.31. The fraction of sp³-hybridized carbons (Fsp3) is 0.500. The first-order chi connectivity index (χ1) is 6.61. The molecule has 0 saturated carbocycles. The highest BCUT2D eigenvalue weighted by atomic mass is 16.3. The number of benzene rings is 1. The second-order valence-electron chi connectivity index (χ2n) is 4.24. The van der Waals surface area contributed by atoms with Gasteiger partial charge < -0.3 is 5.11 Å². The van der Waals surface area contributed by atoms with Gasteiger partial charge in [0.05, 0.1) is 0 Å². The van der Waals surface area contributed by atoms with Gasteiger partial charge in [0.15, 0.2) is 0 Å². The van der Waals surface area contributed by atoms with E-state index in [9.17, 15) is 5.11 Å². The zero-order chi connectivity index (χ0) is 10.3. The maximum atomic E-state index is 9.80. The standard InChI is InChI=1S/C12H17NO/c1-8-7-10-5-4-6-11(14)12(10)9(2)13(8)3/h4-6,8-9,14H,7H2,1-3H3. The number of likely N-dealkylation sites (N-methyl/N-ethyl adjacent to an activating group) is 1. The van der Waals surface area contributed by atoms with Gasteiger partial charge >= 0.3 is 0 Å². The third-order valence-electron chi connectivity index (χ3n) is 3.41. The highest BCUT2D eigenvalue weighted by Crippen LogP contribution is 2.36. The first-order valence-corrected chi connectivity index (χ1v) is 5.14. The molecule has 1 aromatic rings. The Morgan fingerprint density at radius 1 is 1.36 bits per heavy atom. The molecule has 1 N–H and O–H groups in total. The average Bonchev–Trinajstić information content (AvgIpc) is 2.14. The molecule has 76 valence electrons. The molecule has 0 saturated heterocycles. The van der Waals surface area contributed by atoms with E-state index >= 15 is 0 Å². The van der Waals surface area contributed by atoms with Gasteiger partial charge in [0, 0.05) is 17.6 Å². The molecule has 0 fully saturated rings. The van der Waals surface area contributed by atoms with E-state index in [1.165, 1.54) is 5.56 Å². The van der Waals surface area contributed by atoms with Crippen molar-refractivity contribution < 1.29 is 5.11 Å². The molecular weight excluding hydrogens is 174 g/mol. The van der Waals surface area contributed by atoms with Crippen molar-refractivity contribution in [1.29, 1.82) is 0 Å². The van der Waals surface area contributed by atoms with Gasteiger partial charge in [-0.2, -0.15) is 0 Å². The van der Waals surface area contributed by atoms with E-state index in [0.29, 0.717) is 17.8 Å². The van der Waals surface area contributed by atoms with Crippen LogP contribution in [0.5, 0.6) is 5.75 Å². The second kappa shape index (κ2) is 3.28. The van der Waals surface area contributed by atoms with Crippen LogP contribution in [0.1, 0.15) is 31.0 Å². The molecule has 14 heavy (non-hydrogen) atoms. The lowest BCUT2D eigenvalue weighted by atomic mass is 9.89. The van der Waals surface area contributed by atoms with Gasteiger partial charge in [-0.05, 0) is 38.9 Å². The van der Waals surface area contributed by atoms with Crippen molar-refractivity contribution in [1.82, 2.24) is 4.90 Å². The van der Waals surface area contributed by atoms with E-state index in [4.69, 9.17) is 0 Å². The third-order valence-corrected chi connectivity index (χ3v) is 3.41. The Labute approximate surface area is 85.2 Å². The fourth-order valence-corrected chi connectivity index (χ4v) is 2.31. The third kappa shape index (κ3) is 1.30. The van der Waals surface area contributed by atoms with Gasteiger partial charge in [-0.25, -0.2) is 0 Å². The summed E-state index contributed by atoms with van der Waals surface area (Å²) in [5.41, 5.74) is 2.40. The van der Waals surface area contributed by atoms with Gasteiger partial charge in [-0.15, -0.1) is 0 Å². The summed E-state index contributed by atoms with van der Waals surface area (Å²) < 4.78 is 0. The summed E-state index contributed by atoms with van der Waals surface area (Å²) in [6.45, 7) is 4.37. The van der Waals surface area contributed by atoms with Crippen LogP contribution < -0.4 is 0 Å². The van der Waals surface area contributed by atoms with Crippen LogP contribution in [0.4, 0.5) is 0 Å². The van der Waals surface area contributed by atoms with Gasteiger partial charge in [-0.1, -0.05) is 12.1 Å². The Morgan fingerprint density at radius 3 is 2.79 bits per heavy atom. The lowest BCUT2D eigenvalue weighted by Crippen LogP contribution is -2.37. The van der Waals surface area contributed by atoms with Crippen molar-refractivity contribution >= 4 is 0 Å². The van der Waals surface area contributed by atoms with Crippen LogP contribution in [-0.4, -0.2) is 23.1 Å². The maximum absolute atomic E-state index is 9.80. The molecule has 1 heterocycles. The van der Waals surface area contributed by atoms with Crippen LogP contribution >= 0.6 is 0 Å². The van der Waals surface area contributed by atoms with Gasteiger partial charge in [0.2, 0.25) is 0 Å². The molecule has 2 heteroatoms. The Hall–Kier alpha value is -1.02. The number of phenols is 1. The number of hydrogen-bond donors (Lipinski definition) is 1. The highest BCUT2D eigenvalue weighted by molar-refractivity contribution is 5.43. The number of phenolic OH excluding ortho intramolecular Hbond substituents is 1. The van der Waals surface area contributed by atoms with Gasteiger partial charge in [-0.3, -0.25) is 4.90 Å². The monoisotopic (exact) mass is 191 g/mol. The molecule has 2 rings (SSSR count). The number of hydrogen-bond acceptors (Lipinski definition) is 2. The largest absolute Gasteiger partial charge is 0.508 e. The van der Waals surface area contributed by atoms with Crippen LogP contribution in [-0.2, 0) is 6.42 Å². The normalized spacial score (nSPS) is 27.4. The molecule has 0 aromatic heterocycles. The SMILES string of the molecule is CC1Cc2cccc(O)c2C(C)N1C. The molecule has 2 nitrogen and oxygen atoms in total. The van der Waals surface area contributed by atoms with Crippen LogP contribution in [0.25, 0.3) is 0 Å². The summed E-state index contributed by atoms with van der Waals surface area (Å²) >= 11 is 0. The Bertz CT molecular complexity index is 348. The van der Waals surface area contributed by atoms with Gasteiger partial charge in [0.1, 0.15) is 5.75 Å². The predicted molar refractivity (Wildman–Crippen MR) is 57.5 cm³/mol. The molecule has 0 aliphatic carbocycles. The van der Waals surface area contributed by atoms with E-state index in [-0.39, 0.29) is 0 Å². The minimum Gasteiger partial charge on any atom is -0.508 e. The zero-order valence-electron chi connectivity index (χ0n) is 8.99. The molecule has 1 aliphatic rings. The number of aromatic hydroxyl groups is 1. The van der Waals surface area contributed by atoms with E-state index < -0.39 is 0 Å². The van der Waals surface area contributed by atoms with Gasteiger partial charge in [0.25, 0.3) is 0 Å². The topological polar surface area (TPSA) is 23.5 Å². The maximum Gasteiger partial charge on any atom is 0.120 e.